The minimum atomic E-state index is 0.312. The summed E-state index contributed by atoms with van der Waals surface area (Å²) in [6.45, 7) is 4.05. The molecule has 1 rings (SSSR count). The van der Waals surface area contributed by atoms with E-state index in [1.807, 2.05) is 11.9 Å². The van der Waals surface area contributed by atoms with Gasteiger partial charge in [0.1, 0.15) is 0 Å². The van der Waals surface area contributed by atoms with Gasteiger partial charge < -0.3 is 15.5 Å². The van der Waals surface area contributed by atoms with E-state index in [9.17, 15) is 4.79 Å². The Balaban J connectivity index is 2.10. The molecule has 1 aliphatic heterocycles. The normalized spacial score (nSPS) is 17.6. The van der Waals surface area contributed by atoms with E-state index >= 15 is 0 Å². The van der Waals surface area contributed by atoms with Gasteiger partial charge in [-0.25, -0.2) is 0 Å². The number of nitrogens with two attached hydrogens (primary N) is 1. The van der Waals surface area contributed by atoms with Crippen molar-refractivity contribution in [2.75, 3.05) is 40.3 Å². The Kier molecular flexibility index (Phi) is 8.07. The molecule has 19 heavy (non-hydrogen) atoms. The van der Waals surface area contributed by atoms with Crippen molar-refractivity contribution in [3.8, 4) is 0 Å². The van der Waals surface area contributed by atoms with Crippen molar-refractivity contribution in [1.82, 2.24) is 9.80 Å². The third-order valence-corrected chi connectivity index (χ3v) is 4.14. The van der Waals surface area contributed by atoms with E-state index in [0.717, 1.165) is 38.8 Å². The topological polar surface area (TPSA) is 49.6 Å². The molecule has 4 heteroatoms. The SMILES string of the molecule is CN1CCC(CN(C)C(=O)CCCCCCN)CC1. The molecule has 2 N–H and O–H groups in total. The Bertz CT molecular complexity index is 250. The van der Waals surface area contributed by atoms with Crippen molar-refractivity contribution >= 4 is 5.91 Å². The van der Waals surface area contributed by atoms with Crippen LogP contribution < -0.4 is 5.73 Å². The lowest BCUT2D eigenvalue weighted by Gasteiger charge is -2.31. The van der Waals surface area contributed by atoms with Crippen molar-refractivity contribution in [3.05, 3.63) is 0 Å². The fourth-order valence-electron chi connectivity index (χ4n) is 2.70. The third kappa shape index (κ3) is 6.92. The number of likely N-dealkylation sites (tertiary alicyclic amines) is 1. The summed E-state index contributed by atoms with van der Waals surface area (Å²) in [5, 5.41) is 0. The summed E-state index contributed by atoms with van der Waals surface area (Å²) in [7, 11) is 4.13. The average Bonchev–Trinajstić information content (AvgIpc) is 2.41. The van der Waals surface area contributed by atoms with Crippen molar-refractivity contribution < 1.29 is 4.79 Å². The van der Waals surface area contributed by atoms with Gasteiger partial charge in [-0.05, 0) is 58.3 Å². The number of amides is 1. The first kappa shape index (κ1) is 16.4. The molecule has 0 atom stereocenters. The van der Waals surface area contributed by atoms with Crippen LogP contribution in [-0.2, 0) is 4.79 Å². The quantitative estimate of drug-likeness (QED) is 0.682. The molecule has 0 aliphatic carbocycles. The van der Waals surface area contributed by atoms with E-state index in [1.165, 1.54) is 25.9 Å². The molecule has 0 aromatic rings. The van der Waals surface area contributed by atoms with Crippen LogP contribution in [0.4, 0.5) is 0 Å². The summed E-state index contributed by atoms with van der Waals surface area (Å²) in [6.07, 6.45) is 7.53. The maximum atomic E-state index is 12.0. The van der Waals surface area contributed by atoms with Crippen LogP contribution in [0.1, 0.15) is 44.9 Å². The van der Waals surface area contributed by atoms with Gasteiger partial charge in [-0.15, -0.1) is 0 Å². The number of hydrogen-bond acceptors (Lipinski definition) is 3. The van der Waals surface area contributed by atoms with Crippen LogP contribution in [0.2, 0.25) is 0 Å². The highest BCUT2D eigenvalue weighted by Gasteiger charge is 2.19. The number of nitrogens with zero attached hydrogens (tertiary/aromatic N) is 2. The number of carbonyl (C=O) groups is 1. The van der Waals surface area contributed by atoms with Crippen LogP contribution in [0.3, 0.4) is 0 Å². The molecule has 0 unspecified atom stereocenters. The molecular weight excluding hydrogens is 238 g/mol. The molecule has 0 spiro atoms. The second-order valence-electron chi connectivity index (χ2n) is 5.97. The standard InChI is InChI=1S/C15H31N3O/c1-17-11-8-14(9-12-17)13-18(2)15(19)7-5-3-4-6-10-16/h14H,3-13,16H2,1-2H3. The Labute approximate surface area is 118 Å². The van der Waals surface area contributed by atoms with Gasteiger partial charge in [-0.3, -0.25) is 4.79 Å². The largest absolute Gasteiger partial charge is 0.345 e. The lowest BCUT2D eigenvalue weighted by molar-refractivity contribution is -0.130. The molecule has 1 fully saturated rings. The minimum absolute atomic E-state index is 0.312. The zero-order chi connectivity index (χ0) is 14.1. The summed E-state index contributed by atoms with van der Waals surface area (Å²) < 4.78 is 0. The van der Waals surface area contributed by atoms with E-state index in [-0.39, 0.29) is 0 Å². The molecule has 0 aromatic carbocycles. The maximum Gasteiger partial charge on any atom is 0.222 e. The predicted molar refractivity (Wildman–Crippen MR) is 80.0 cm³/mol. The number of rotatable bonds is 8. The van der Waals surface area contributed by atoms with Gasteiger partial charge in [0.2, 0.25) is 5.91 Å². The fraction of sp³-hybridized carbons (Fsp3) is 0.933. The van der Waals surface area contributed by atoms with E-state index < -0.39 is 0 Å². The van der Waals surface area contributed by atoms with Gasteiger partial charge in [0.05, 0.1) is 0 Å². The van der Waals surface area contributed by atoms with Gasteiger partial charge in [-0.2, -0.15) is 0 Å². The second-order valence-corrected chi connectivity index (χ2v) is 5.97. The first-order chi connectivity index (χ1) is 9.13. The van der Waals surface area contributed by atoms with Crippen molar-refractivity contribution in [2.45, 2.75) is 44.9 Å². The molecule has 1 heterocycles. The fourth-order valence-corrected chi connectivity index (χ4v) is 2.70. The smallest absolute Gasteiger partial charge is 0.222 e. The van der Waals surface area contributed by atoms with Gasteiger partial charge in [0, 0.05) is 20.0 Å². The molecule has 1 aliphatic rings. The van der Waals surface area contributed by atoms with Gasteiger partial charge in [-0.1, -0.05) is 12.8 Å². The molecule has 0 bridgehead atoms. The zero-order valence-corrected chi connectivity index (χ0v) is 12.7. The lowest BCUT2D eigenvalue weighted by Crippen LogP contribution is -2.37. The Morgan fingerprint density at radius 1 is 1.21 bits per heavy atom. The Hall–Kier alpha value is -0.610. The van der Waals surface area contributed by atoms with Crippen molar-refractivity contribution in [1.29, 1.82) is 0 Å². The third-order valence-electron chi connectivity index (χ3n) is 4.14. The number of unbranched alkanes of at least 4 members (excludes halogenated alkanes) is 3. The van der Waals surface area contributed by atoms with Crippen LogP contribution in [0, 0.1) is 5.92 Å². The molecule has 0 radical (unpaired) electrons. The van der Waals surface area contributed by atoms with Crippen LogP contribution in [0.5, 0.6) is 0 Å². The van der Waals surface area contributed by atoms with Crippen molar-refractivity contribution in [2.24, 2.45) is 11.7 Å². The first-order valence-electron chi connectivity index (χ1n) is 7.76. The summed E-state index contributed by atoms with van der Waals surface area (Å²) in [5.74, 6) is 1.01. The molecular formula is C15H31N3O. The average molecular weight is 269 g/mol. The number of carbonyl (C=O) groups excluding carboxylic acids is 1. The highest BCUT2D eigenvalue weighted by molar-refractivity contribution is 5.75. The molecule has 112 valence electrons. The molecule has 0 saturated carbocycles. The minimum Gasteiger partial charge on any atom is -0.345 e. The molecule has 4 nitrogen and oxygen atoms in total. The van der Waals surface area contributed by atoms with Gasteiger partial charge in [0.25, 0.3) is 0 Å². The lowest BCUT2D eigenvalue weighted by atomic mass is 9.96. The summed E-state index contributed by atoms with van der Waals surface area (Å²) in [6, 6.07) is 0. The first-order valence-corrected chi connectivity index (χ1v) is 7.76. The maximum absolute atomic E-state index is 12.0. The van der Waals surface area contributed by atoms with E-state index in [4.69, 9.17) is 5.73 Å². The van der Waals surface area contributed by atoms with Crippen LogP contribution in [0.15, 0.2) is 0 Å². The van der Waals surface area contributed by atoms with Gasteiger partial charge >= 0.3 is 0 Å². The number of piperidine rings is 1. The molecule has 1 amide bonds. The predicted octanol–water partition coefficient (Wildman–Crippen LogP) is 1.70. The molecule has 0 aromatic heterocycles. The molecule has 1 saturated heterocycles. The summed E-state index contributed by atoms with van der Waals surface area (Å²) in [4.78, 5) is 16.3. The van der Waals surface area contributed by atoms with Crippen LogP contribution >= 0.6 is 0 Å². The van der Waals surface area contributed by atoms with Crippen LogP contribution in [-0.4, -0.2) is 56.0 Å². The summed E-state index contributed by atoms with van der Waals surface area (Å²) in [5.41, 5.74) is 5.45. The summed E-state index contributed by atoms with van der Waals surface area (Å²) >= 11 is 0. The second kappa shape index (κ2) is 9.32. The van der Waals surface area contributed by atoms with Crippen LogP contribution in [0.25, 0.3) is 0 Å². The highest BCUT2D eigenvalue weighted by atomic mass is 16.2. The Morgan fingerprint density at radius 3 is 2.47 bits per heavy atom. The monoisotopic (exact) mass is 269 g/mol. The van der Waals surface area contributed by atoms with Gasteiger partial charge in [0.15, 0.2) is 0 Å². The van der Waals surface area contributed by atoms with Crippen molar-refractivity contribution in [3.63, 3.8) is 0 Å². The van der Waals surface area contributed by atoms with E-state index in [1.54, 1.807) is 0 Å². The highest BCUT2D eigenvalue weighted by Crippen LogP contribution is 2.17. The number of hydrogen-bond donors (Lipinski definition) is 1. The zero-order valence-electron chi connectivity index (χ0n) is 12.7. The van der Waals surface area contributed by atoms with E-state index in [0.29, 0.717) is 18.2 Å². The van der Waals surface area contributed by atoms with E-state index in [2.05, 4.69) is 11.9 Å². The Morgan fingerprint density at radius 2 is 1.84 bits per heavy atom.